The van der Waals surface area contributed by atoms with Gasteiger partial charge in [-0.2, -0.15) is 5.26 Å². The first-order valence-corrected chi connectivity index (χ1v) is 6.69. The van der Waals surface area contributed by atoms with Crippen molar-refractivity contribution in [3.8, 4) is 6.07 Å². The molecule has 0 spiro atoms. The van der Waals surface area contributed by atoms with E-state index in [0.29, 0.717) is 11.5 Å². The lowest BCUT2D eigenvalue weighted by molar-refractivity contribution is 0.493. The van der Waals surface area contributed by atoms with E-state index >= 15 is 0 Å². The molecule has 20 heavy (non-hydrogen) atoms. The standard InChI is InChI=1S/C16H16N4/c1-16(2)9-13(11-5-3-4-6-12(11)16)20-15-14(10-17)18-7-8-19-15/h3-8,13H,9H2,1-2H3,(H,19,20). The summed E-state index contributed by atoms with van der Waals surface area (Å²) in [6.07, 6.45) is 4.12. The minimum absolute atomic E-state index is 0.128. The largest absolute Gasteiger partial charge is 0.361 e. The van der Waals surface area contributed by atoms with Gasteiger partial charge in [0.2, 0.25) is 0 Å². The first-order valence-electron chi connectivity index (χ1n) is 6.69. The molecule has 4 nitrogen and oxygen atoms in total. The molecule has 0 radical (unpaired) electrons. The van der Waals surface area contributed by atoms with Crippen LogP contribution in [0.15, 0.2) is 36.7 Å². The van der Waals surface area contributed by atoms with Crippen LogP contribution in [0.25, 0.3) is 0 Å². The van der Waals surface area contributed by atoms with Crippen molar-refractivity contribution in [2.24, 2.45) is 0 Å². The zero-order valence-corrected chi connectivity index (χ0v) is 11.6. The van der Waals surface area contributed by atoms with E-state index in [0.717, 1.165) is 6.42 Å². The lowest BCUT2D eigenvalue weighted by Gasteiger charge is -2.19. The summed E-state index contributed by atoms with van der Waals surface area (Å²) in [6.45, 7) is 4.49. The highest BCUT2D eigenvalue weighted by Crippen LogP contribution is 2.45. The zero-order chi connectivity index (χ0) is 14.2. The van der Waals surface area contributed by atoms with E-state index in [4.69, 9.17) is 5.26 Å². The van der Waals surface area contributed by atoms with Gasteiger partial charge in [0.25, 0.3) is 0 Å². The summed E-state index contributed by atoms with van der Waals surface area (Å²) in [5.74, 6) is 0.563. The van der Waals surface area contributed by atoms with Crippen molar-refractivity contribution in [2.75, 3.05) is 5.32 Å². The Hall–Kier alpha value is -2.41. The smallest absolute Gasteiger partial charge is 0.182 e. The Kier molecular flexibility index (Phi) is 2.90. The number of benzene rings is 1. The third kappa shape index (κ3) is 2.01. The van der Waals surface area contributed by atoms with Crippen molar-refractivity contribution < 1.29 is 0 Å². The van der Waals surface area contributed by atoms with Gasteiger partial charge < -0.3 is 5.32 Å². The van der Waals surface area contributed by atoms with Gasteiger partial charge in [-0.15, -0.1) is 0 Å². The van der Waals surface area contributed by atoms with Gasteiger partial charge in [-0.25, -0.2) is 9.97 Å². The summed E-state index contributed by atoms with van der Waals surface area (Å²) in [5.41, 5.74) is 3.12. The third-order valence-electron chi connectivity index (χ3n) is 3.89. The fourth-order valence-electron chi connectivity index (χ4n) is 2.97. The number of nitriles is 1. The number of nitrogens with one attached hydrogen (secondary N) is 1. The molecule has 1 aliphatic rings. The Morgan fingerprint density at radius 1 is 1.25 bits per heavy atom. The molecule has 0 fully saturated rings. The van der Waals surface area contributed by atoms with Gasteiger partial charge in [-0.3, -0.25) is 0 Å². The van der Waals surface area contributed by atoms with E-state index in [2.05, 4.69) is 59.5 Å². The Morgan fingerprint density at radius 2 is 2.00 bits per heavy atom. The Morgan fingerprint density at radius 3 is 2.80 bits per heavy atom. The van der Waals surface area contributed by atoms with Crippen molar-refractivity contribution in [3.63, 3.8) is 0 Å². The summed E-state index contributed by atoms with van der Waals surface area (Å²) in [5, 5.41) is 12.5. The molecule has 1 aromatic carbocycles. The first kappa shape index (κ1) is 12.6. The molecule has 4 heteroatoms. The van der Waals surface area contributed by atoms with E-state index in [-0.39, 0.29) is 11.5 Å². The van der Waals surface area contributed by atoms with Crippen molar-refractivity contribution in [1.82, 2.24) is 9.97 Å². The van der Waals surface area contributed by atoms with E-state index in [1.54, 1.807) is 6.20 Å². The molecule has 100 valence electrons. The zero-order valence-electron chi connectivity index (χ0n) is 11.6. The number of anilines is 1. The van der Waals surface area contributed by atoms with Crippen molar-refractivity contribution in [3.05, 3.63) is 53.5 Å². The Bertz CT molecular complexity index is 685. The summed E-state index contributed by atoms with van der Waals surface area (Å²) in [7, 11) is 0. The molecule has 3 rings (SSSR count). The van der Waals surface area contributed by atoms with Crippen LogP contribution in [0, 0.1) is 11.3 Å². The quantitative estimate of drug-likeness (QED) is 0.905. The number of fused-ring (bicyclic) bond motifs is 1. The lowest BCUT2D eigenvalue weighted by atomic mass is 9.86. The first-order chi connectivity index (χ1) is 9.62. The van der Waals surface area contributed by atoms with Crippen LogP contribution in [0.3, 0.4) is 0 Å². The van der Waals surface area contributed by atoms with Gasteiger partial charge in [-0.05, 0) is 23.0 Å². The minimum atomic E-state index is 0.128. The number of nitrogens with zero attached hydrogens (tertiary/aromatic N) is 3. The number of hydrogen-bond donors (Lipinski definition) is 1. The van der Waals surface area contributed by atoms with Crippen molar-refractivity contribution >= 4 is 5.82 Å². The van der Waals surface area contributed by atoms with Crippen molar-refractivity contribution in [2.45, 2.75) is 31.7 Å². The maximum atomic E-state index is 9.10. The van der Waals surface area contributed by atoms with Crippen LogP contribution in [0.2, 0.25) is 0 Å². The van der Waals surface area contributed by atoms with Gasteiger partial charge in [0.1, 0.15) is 6.07 Å². The van der Waals surface area contributed by atoms with Gasteiger partial charge in [0.15, 0.2) is 11.5 Å². The van der Waals surface area contributed by atoms with E-state index in [1.165, 1.54) is 17.3 Å². The fourth-order valence-corrected chi connectivity index (χ4v) is 2.97. The molecule has 1 heterocycles. The topological polar surface area (TPSA) is 61.6 Å². The Labute approximate surface area is 118 Å². The highest BCUT2D eigenvalue weighted by Gasteiger charge is 2.36. The molecule has 0 amide bonds. The summed E-state index contributed by atoms with van der Waals surface area (Å²) >= 11 is 0. The van der Waals surface area contributed by atoms with E-state index < -0.39 is 0 Å². The second kappa shape index (κ2) is 4.61. The molecule has 0 bridgehead atoms. The maximum absolute atomic E-state index is 9.10. The number of hydrogen-bond acceptors (Lipinski definition) is 4. The van der Waals surface area contributed by atoms with Gasteiger partial charge in [0, 0.05) is 12.4 Å². The molecule has 1 atom stereocenters. The van der Waals surface area contributed by atoms with Gasteiger partial charge >= 0.3 is 0 Å². The molecule has 1 aromatic heterocycles. The van der Waals surface area contributed by atoms with E-state index in [1.807, 2.05) is 0 Å². The summed E-state index contributed by atoms with van der Waals surface area (Å²) in [6, 6.07) is 10.7. The Balaban J connectivity index is 1.96. The fraction of sp³-hybridized carbons (Fsp3) is 0.312. The average Bonchev–Trinajstić information content (AvgIpc) is 2.71. The van der Waals surface area contributed by atoms with Crippen LogP contribution in [-0.2, 0) is 5.41 Å². The SMILES string of the molecule is CC1(C)CC(Nc2nccnc2C#N)c2ccccc21. The van der Waals surface area contributed by atoms with Gasteiger partial charge in [-0.1, -0.05) is 38.1 Å². The van der Waals surface area contributed by atoms with Crippen LogP contribution in [0.5, 0.6) is 0 Å². The van der Waals surface area contributed by atoms with Gasteiger partial charge in [0.05, 0.1) is 6.04 Å². The molecule has 0 saturated heterocycles. The molecule has 1 N–H and O–H groups in total. The second-order valence-corrected chi connectivity index (χ2v) is 5.74. The highest BCUT2D eigenvalue weighted by atomic mass is 15.0. The predicted molar refractivity (Wildman–Crippen MR) is 77.2 cm³/mol. The van der Waals surface area contributed by atoms with Crippen LogP contribution in [0.1, 0.15) is 43.1 Å². The molecule has 0 saturated carbocycles. The normalized spacial score (nSPS) is 19.1. The summed E-state index contributed by atoms with van der Waals surface area (Å²) < 4.78 is 0. The molecule has 1 aliphatic carbocycles. The van der Waals surface area contributed by atoms with Crippen LogP contribution >= 0.6 is 0 Å². The molecule has 1 unspecified atom stereocenters. The predicted octanol–water partition coefficient (Wildman–Crippen LogP) is 3.18. The van der Waals surface area contributed by atoms with Crippen LogP contribution < -0.4 is 5.32 Å². The molecule has 0 aliphatic heterocycles. The average molecular weight is 264 g/mol. The van der Waals surface area contributed by atoms with Crippen LogP contribution in [0.4, 0.5) is 5.82 Å². The number of rotatable bonds is 2. The number of aromatic nitrogens is 2. The van der Waals surface area contributed by atoms with E-state index in [9.17, 15) is 0 Å². The summed E-state index contributed by atoms with van der Waals surface area (Å²) in [4.78, 5) is 8.28. The highest BCUT2D eigenvalue weighted by molar-refractivity contribution is 5.52. The molecular formula is C16H16N4. The van der Waals surface area contributed by atoms with Crippen molar-refractivity contribution in [1.29, 1.82) is 5.26 Å². The monoisotopic (exact) mass is 264 g/mol. The second-order valence-electron chi connectivity index (χ2n) is 5.74. The van der Waals surface area contributed by atoms with Crippen LogP contribution in [-0.4, -0.2) is 9.97 Å². The third-order valence-corrected chi connectivity index (χ3v) is 3.89. The molecular weight excluding hydrogens is 248 g/mol. The lowest BCUT2D eigenvalue weighted by Crippen LogP contribution is -2.15. The maximum Gasteiger partial charge on any atom is 0.182 e. The minimum Gasteiger partial charge on any atom is -0.361 e. The molecule has 2 aromatic rings.